The van der Waals surface area contributed by atoms with Crippen molar-refractivity contribution in [3.8, 4) is 0 Å². The van der Waals surface area contributed by atoms with Crippen LogP contribution in [0, 0.1) is 17.7 Å². The van der Waals surface area contributed by atoms with Crippen LogP contribution < -0.4 is 0 Å². The van der Waals surface area contributed by atoms with Crippen molar-refractivity contribution in [1.29, 1.82) is 0 Å². The van der Waals surface area contributed by atoms with E-state index in [1.165, 1.54) is 19.2 Å². The second-order valence-corrected chi connectivity index (χ2v) is 8.14. The van der Waals surface area contributed by atoms with Gasteiger partial charge in [-0.3, -0.25) is 9.59 Å². The largest absolute Gasteiger partial charge is 0.481 e. The number of halogens is 1. The van der Waals surface area contributed by atoms with Gasteiger partial charge in [0.15, 0.2) is 0 Å². The van der Waals surface area contributed by atoms with Crippen molar-refractivity contribution in [1.82, 2.24) is 4.31 Å². The number of carbonyl (C=O) groups excluding carboxylic acids is 1. The summed E-state index contributed by atoms with van der Waals surface area (Å²) in [6, 6.07) is 3.29. The number of hydrogen-bond acceptors (Lipinski definition) is 5. The predicted molar refractivity (Wildman–Crippen MR) is 85.8 cm³/mol. The van der Waals surface area contributed by atoms with Crippen LogP contribution in [0.25, 0.3) is 0 Å². The van der Waals surface area contributed by atoms with Gasteiger partial charge in [-0.15, -0.1) is 0 Å². The average molecular weight is 373 g/mol. The van der Waals surface area contributed by atoms with Gasteiger partial charge in [-0.2, -0.15) is 4.31 Å². The van der Waals surface area contributed by atoms with Gasteiger partial charge in [0, 0.05) is 13.1 Å². The first-order chi connectivity index (χ1) is 11.6. The van der Waals surface area contributed by atoms with Crippen LogP contribution in [0.1, 0.15) is 18.9 Å². The zero-order valence-corrected chi connectivity index (χ0v) is 14.8. The summed E-state index contributed by atoms with van der Waals surface area (Å²) in [4.78, 5) is 22.2. The smallest absolute Gasteiger partial charge is 0.310 e. The molecule has 0 bridgehead atoms. The molecule has 2 unspecified atom stereocenters. The number of methoxy groups -OCH3 is 1. The Bertz CT molecular complexity index is 779. The van der Waals surface area contributed by atoms with Crippen molar-refractivity contribution in [2.24, 2.45) is 11.8 Å². The van der Waals surface area contributed by atoms with Gasteiger partial charge in [0.05, 0.1) is 24.3 Å². The minimum atomic E-state index is -4.02. The molecular formula is C16H20FNO6S. The SMILES string of the molecule is COC(=O)Cc1ccc(S(=O)(=O)N2CC(C)CC(C(=O)O)C2)cc1F. The highest BCUT2D eigenvalue weighted by molar-refractivity contribution is 7.89. The minimum Gasteiger partial charge on any atom is -0.481 e. The lowest BCUT2D eigenvalue weighted by Gasteiger charge is -2.33. The molecule has 2 atom stereocenters. The molecule has 1 heterocycles. The molecule has 7 nitrogen and oxygen atoms in total. The van der Waals surface area contributed by atoms with Gasteiger partial charge in [0.1, 0.15) is 5.82 Å². The van der Waals surface area contributed by atoms with Crippen molar-refractivity contribution in [2.75, 3.05) is 20.2 Å². The second-order valence-electron chi connectivity index (χ2n) is 6.20. The lowest BCUT2D eigenvalue weighted by molar-refractivity contribution is -0.143. The van der Waals surface area contributed by atoms with Gasteiger partial charge in [0.2, 0.25) is 10.0 Å². The number of carboxylic acids is 1. The molecule has 0 aromatic heterocycles. The van der Waals surface area contributed by atoms with E-state index in [0.29, 0.717) is 6.42 Å². The van der Waals surface area contributed by atoms with E-state index in [1.54, 1.807) is 6.92 Å². The minimum absolute atomic E-state index is 0.0289. The van der Waals surface area contributed by atoms with Gasteiger partial charge < -0.3 is 9.84 Å². The Kier molecular flexibility index (Phi) is 5.79. The molecule has 2 rings (SSSR count). The third-order valence-electron chi connectivity index (χ3n) is 4.20. The first-order valence-corrected chi connectivity index (χ1v) is 9.17. The van der Waals surface area contributed by atoms with Crippen LogP contribution in [0.3, 0.4) is 0 Å². The Morgan fingerprint density at radius 2 is 2.04 bits per heavy atom. The highest BCUT2D eigenvalue weighted by atomic mass is 32.2. The van der Waals surface area contributed by atoms with Gasteiger partial charge in [-0.25, -0.2) is 12.8 Å². The predicted octanol–water partition coefficient (Wildman–Crippen LogP) is 1.27. The number of carboxylic acid groups (broad SMARTS) is 1. The fourth-order valence-electron chi connectivity index (χ4n) is 2.89. The normalized spacial score (nSPS) is 21.7. The third kappa shape index (κ3) is 4.35. The molecule has 1 fully saturated rings. The standard InChI is InChI=1S/C16H20FNO6S/c1-10-5-12(16(20)21)9-18(8-10)25(22,23)13-4-3-11(14(17)7-13)6-15(19)24-2/h3-4,7,10,12H,5-6,8-9H2,1-2H3,(H,20,21). The number of esters is 1. The van der Waals surface area contributed by atoms with Gasteiger partial charge in [-0.05, 0) is 30.0 Å². The fraction of sp³-hybridized carbons (Fsp3) is 0.500. The van der Waals surface area contributed by atoms with E-state index in [4.69, 9.17) is 0 Å². The summed E-state index contributed by atoms with van der Waals surface area (Å²) in [5, 5.41) is 9.17. The van der Waals surface area contributed by atoms with E-state index >= 15 is 0 Å². The lowest BCUT2D eigenvalue weighted by atomic mass is 9.92. The highest BCUT2D eigenvalue weighted by Gasteiger charge is 2.36. The molecule has 0 spiro atoms. The summed E-state index contributed by atoms with van der Waals surface area (Å²) >= 11 is 0. The zero-order chi connectivity index (χ0) is 18.8. The summed E-state index contributed by atoms with van der Waals surface area (Å²) in [5.74, 6) is -3.42. The van der Waals surface area contributed by atoms with Gasteiger partial charge >= 0.3 is 11.9 Å². The van der Waals surface area contributed by atoms with E-state index in [9.17, 15) is 27.5 Å². The molecular weight excluding hydrogens is 353 g/mol. The Labute approximate surface area is 145 Å². The van der Waals surface area contributed by atoms with E-state index < -0.39 is 33.7 Å². The van der Waals surface area contributed by atoms with Crippen molar-refractivity contribution >= 4 is 22.0 Å². The molecule has 0 aliphatic carbocycles. The molecule has 1 saturated heterocycles. The summed E-state index contributed by atoms with van der Waals surface area (Å²) in [6.45, 7) is 1.81. The van der Waals surface area contributed by atoms with Gasteiger partial charge in [-0.1, -0.05) is 13.0 Å². The first kappa shape index (κ1) is 19.3. The number of rotatable bonds is 5. The number of carbonyl (C=O) groups is 2. The maximum Gasteiger partial charge on any atom is 0.310 e. The highest BCUT2D eigenvalue weighted by Crippen LogP contribution is 2.28. The Morgan fingerprint density at radius 1 is 1.36 bits per heavy atom. The third-order valence-corrected chi connectivity index (χ3v) is 6.03. The summed E-state index contributed by atoms with van der Waals surface area (Å²) in [6.07, 6.45) is 0.0955. The molecule has 1 aromatic rings. The molecule has 0 radical (unpaired) electrons. The summed E-state index contributed by atoms with van der Waals surface area (Å²) < 4.78 is 45.1. The monoisotopic (exact) mass is 373 g/mol. The topological polar surface area (TPSA) is 101 Å². The Hall–Kier alpha value is -2.00. The zero-order valence-electron chi connectivity index (χ0n) is 13.9. The molecule has 1 aliphatic rings. The van der Waals surface area contributed by atoms with Crippen molar-refractivity contribution < 1.29 is 32.2 Å². The molecule has 138 valence electrons. The molecule has 1 N–H and O–H groups in total. The number of hydrogen-bond donors (Lipinski definition) is 1. The van der Waals surface area contributed by atoms with E-state index in [2.05, 4.69) is 4.74 Å². The second kappa shape index (κ2) is 7.49. The van der Waals surface area contributed by atoms with Crippen LogP contribution in [0.4, 0.5) is 4.39 Å². The maximum atomic E-state index is 14.1. The van der Waals surface area contributed by atoms with Crippen molar-refractivity contribution in [2.45, 2.75) is 24.7 Å². The molecule has 0 saturated carbocycles. The van der Waals surface area contributed by atoms with Crippen molar-refractivity contribution in [3.05, 3.63) is 29.6 Å². The number of piperidine rings is 1. The number of sulfonamides is 1. The average Bonchev–Trinajstić information content (AvgIpc) is 2.55. The lowest BCUT2D eigenvalue weighted by Crippen LogP contribution is -2.45. The van der Waals surface area contributed by atoms with Crippen LogP contribution in [0.15, 0.2) is 23.1 Å². The van der Waals surface area contributed by atoms with Crippen LogP contribution in [0.2, 0.25) is 0 Å². The van der Waals surface area contributed by atoms with E-state index in [1.807, 2.05) is 0 Å². The molecule has 9 heteroatoms. The number of aliphatic carboxylic acids is 1. The van der Waals surface area contributed by atoms with Crippen LogP contribution in [-0.2, 0) is 30.8 Å². The number of benzene rings is 1. The Balaban J connectivity index is 2.28. The fourth-order valence-corrected chi connectivity index (χ4v) is 4.50. The summed E-state index contributed by atoms with van der Waals surface area (Å²) in [5.41, 5.74) is 0.0289. The van der Waals surface area contributed by atoms with Crippen molar-refractivity contribution in [3.63, 3.8) is 0 Å². The van der Waals surface area contributed by atoms with E-state index in [0.717, 1.165) is 10.4 Å². The summed E-state index contributed by atoms with van der Waals surface area (Å²) in [7, 11) is -2.84. The number of nitrogens with zero attached hydrogens (tertiary/aromatic N) is 1. The number of ether oxygens (including phenoxy) is 1. The van der Waals surface area contributed by atoms with Crippen LogP contribution in [-0.4, -0.2) is 50.0 Å². The first-order valence-electron chi connectivity index (χ1n) is 7.73. The van der Waals surface area contributed by atoms with Gasteiger partial charge in [0.25, 0.3) is 0 Å². The molecule has 25 heavy (non-hydrogen) atoms. The molecule has 1 aromatic carbocycles. The maximum absolute atomic E-state index is 14.1. The Morgan fingerprint density at radius 3 is 2.60 bits per heavy atom. The van der Waals surface area contributed by atoms with Crippen LogP contribution >= 0.6 is 0 Å². The van der Waals surface area contributed by atoms with E-state index in [-0.39, 0.29) is 35.9 Å². The molecule has 0 amide bonds. The molecule has 1 aliphatic heterocycles. The van der Waals surface area contributed by atoms with Crippen LogP contribution in [0.5, 0.6) is 0 Å². The quantitative estimate of drug-likeness (QED) is 0.780.